The molecule has 8 heavy (non-hydrogen) atoms. The number of hydrogen-bond acceptors (Lipinski definition) is 4. The van der Waals surface area contributed by atoms with E-state index in [1.807, 2.05) is 0 Å². The van der Waals surface area contributed by atoms with Gasteiger partial charge in [-0.05, 0) is 0 Å². The molecule has 0 spiro atoms. The van der Waals surface area contributed by atoms with Crippen molar-refractivity contribution < 1.29 is 5.11 Å². The van der Waals surface area contributed by atoms with E-state index in [1.165, 1.54) is 11.8 Å². The smallest absolute Gasteiger partial charge is 0.126 e. The summed E-state index contributed by atoms with van der Waals surface area (Å²) >= 11 is 3.13. The Hall–Kier alpha value is 0.330. The molecule has 1 aliphatic rings. The van der Waals surface area contributed by atoms with Crippen LogP contribution in [0.25, 0.3) is 0 Å². The predicted octanol–water partition coefficient (Wildman–Crippen LogP) is 0.772. The molecule has 0 saturated carbocycles. The maximum Gasteiger partial charge on any atom is 0.126 e. The maximum atomic E-state index is 8.40. The molecule has 0 unspecified atom stereocenters. The Morgan fingerprint density at radius 2 is 2.75 bits per heavy atom. The van der Waals surface area contributed by atoms with E-state index >= 15 is 0 Å². The summed E-state index contributed by atoms with van der Waals surface area (Å²) in [6, 6.07) is 0. The summed E-state index contributed by atoms with van der Waals surface area (Å²) in [5.41, 5.74) is 0. The van der Waals surface area contributed by atoms with Crippen LogP contribution in [0.15, 0.2) is 4.99 Å². The standard InChI is InChI=1S/C4H7NOS2/c6-3-8-4-5-1-2-7-4/h6H,1-3H2. The summed E-state index contributed by atoms with van der Waals surface area (Å²) in [5, 5.41) is 8.40. The first-order valence-corrected chi connectivity index (χ1v) is 4.31. The van der Waals surface area contributed by atoms with Crippen LogP contribution >= 0.6 is 23.5 Å². The summed E-state index contributed by atoms with van der Waals surface area (Å²) in [6.45, 7) is 0.924. The molecule has 0 aromatic heterocycles. The van der Waals surface area contributed by atoms with Crippen molar-refractivity contribution in [3.8, 4) is 0 Å². The van der Waals surface area contributed by atoms with Crippen LogP contribution in [0.1, 0.15) is 0 Å². The first kappa shape index (κ1) is 6.45. The Bertz CT molecular complexity index is 104. The molecule has 0 fully saturated rings. The number of aliphatic hydroxyl groups is 1. The summed E-state index contributed by atoms with van der Waals surface area (Å²) in [7, 11) is 0. The quantitative estimate of drug-likeness (QED) is 0.559. The highest BCUT2D eigenvalue weighted by atomic mass is 32.2. The van der Waals surface area contributed by atoms with E-state index in [4.69, 9.17) is 5.11 Å². The molecular weight excluding hydrogens is 142 g/mol. The van der Waals surface area contributed by atoms with E-state index in [2.05, 4.69) is 4.99 Å². The summed E-state index contributed by atoms with van der Waals surface area (Å²) < 4.78 is 1.03. The van der Waals surface area contributed by atoms with Crippen molar-refractivity contribution in [3.63, 3.8) is 0 Å². The third-order valence-electron chi connectivity index (χ3n) is 0.746. The minimum Gasteiger partial charge on any atom is -0.385 e. The average molecular weight is 149 g/mol. The SMILES string of the molecule is OCSC1=NCCS1. The van der Waals surface area contributed by atoms with E-state index in [1.54, 1.807) is 11.8 Å². The molecule has 1 rings (SSSR count). The van der Waals surface area contributed by atoms with Crippen LogP contribution in [0.5, 0.6) is 0 Å². The van der Waals surface area contributed by atoms with Gasteiger partial charge >= 0.3 is 0 Å². The van der Waals surface area contributed by atoms with Crippen LogP contribution in [-0.4, -0.2) is 27.7 Å². The lowest BCUT2D eigenvalue weighted by molar-refractivity contribution is 0.376. The highest BCUT2D eigenvalue weighted by molar-refractivity contribution is 8.39. The fourth-order valence-corrected chi connectivity index (χ4v) is 2.03. The summed E-state index contributed by atoms with van der Waals surface area (Å²) in [6.07, 6.45) is 0. The van der Waals surface area contributed by atoms with Gasteiger partial charge in [0.05, 0.1) is 12.5 Å². The molecule has 0 aromatic carbocycles. The zero-order valence-corrected chi connectivity index (χ0v) is 5.97. The normalized spacial score (nSPS) is 18.9. The second-order valence-corrected chi connectivity index (χ2v) is 3.55. The van der Waals surface area contributed by atoms with E-state index in [-0.39, 0.29) is 5.94 Å². The van der Waals surface area contributed by atoms with Gasteiger partial charge in [-0.2, -0.15) is 0 Å². The van der Waals surface area contributed by atoms with E-state index in [0.717, 1.165) is 16.7 Å². The lowest BCUT2D eigenvalue weighted by Gasteiger charge is -1.90. The highest BCUT2D eigenvalue weighted by Crippen LogP contribution is 2.20. The average Bonchev–Trinajstić information content (AvgIpc) is 2.19. The molecule has 46 valence electrons. The van der Waals surface area contributed by atoms with Crippen LogP contribution in [0.2, 0.25) is 0 Å². The van der Waals surface area contributed by atoms with Crippen molar-refractivity contribution in [2.75, 3.05) is 18.2 Å². The molecule has 0 bridgehead atoms. The van der Waals surface area contributed by atoms with Crippen LogP contribution in [0.4, 0.5) is 0 Å². The second kappa shape index (κ2) is 3.37. The van der Waals surface area contributed by atoms with Crippen molar-refractivity contribution >= 4 is 27.9 Å². The van der Waals surface area contributed by atoms with Gasteiger partial charge in [-0.25, -0.2) is 0 Å². The topological polar surface area (TPSA) is 32.6 Å². The van der Waals surface area contributed by atoms with Gasteiger partial charge in [0.25, 0.3) is 0 Å². The predicted molar refractivity (Wildman–Crippen MR) is 39.4 cm³/mol. The Morgan fingerprint density at radius 3 is 3.25 bits per heavy atom. The molecule has 1 N–H and O–H groups in total. The Balaban J connectivity index is 2.23. The van der Waals surface area contributed by atoms with Crippen LogP contribution in [0.3, 0.4) is 0 Å². The van der Waals surface area contributed by atoms with Gasteiger partial charge in [0.1, 0.15) is 4.38 Å². The number of thioether (sulfide) groups is 2. The molecule has 0 atom stereocenters. The highest BCUT2D eigenvalue weighted by Gasteiger charge is 2.04. The molecule has 0 amide bonds. The molecular formula is C4H7NOS2. The fourth-order valence-electron chi connectivity index (χ4n) is 0.458. The number of nitrogens with zero attached hydrogens (tertiary/aromatic N) is 1. The Labute approximate surface area is 56.8 Å². The first-order chi connectivity index (χ1) is 3.93. The molecule has 0 radical (unpaired) electrons. The third kappa shape index (κ3) is 1.69. The fraction of sp³-hybridized carbons (Fsp3) is 0.750. The molecule has 1 heterocycles. The third-order valence-corrected chi connectivity index (χ3v) is 2.72. The van der Waals surface area contributed by atoms with Crippen LogP contribution in [0, 0.1) is 0 Å². The van der Waals surface area contributed by atoms with E-state index in [0.29, 0.717) is 0 Å². The van der Waals surface area contributed by atoms with Crippen LogP contribution < -0.4 is 0 Å². The van der Waals surface area contributed by atoms with Crippen molar-refractivity contribution in [2.24, 2.45) is 4.99 Å². The molecule has 0 aromatic rings. The van der Waals surface area contributed by atoms with Crippen LogP contribution in [-0.2, 0) is 0 Å². The van der Waals surface area contributed by atoms with Gasteiger partial charge in [-0.3, -0.25) is 4.99 Å². The Morgan fingerprint density at radius 1 is 1.88 bits per heavy atom. The van der Waals surface area contributed by atoms with Crippen molar-refractivity contribution in [1.29, 1.82) is 0 Å². The number of hydrogen-bond donors (Lipinski definition) is 1. The van der Waals surface area contributed by atoms with E-state index in [9.17, 15) is 0 Å². The molecule has 0 saturated heterocycles. The van der Waals surface area contributed by atoms with Crippen molar-refractivity contribution in [2.45, 2.75) is 0 Å². The van der Waals surface area contributed by atoms with Crippen molar-refractivity contribution in [1.82, 2.24) is 0 Å². The molecule has 0 aliphatic carbocycles. The number of aliphatic hydroxyl groups excluding tert-OH is 1. The summed E-state index contributed by atoms with van der Waals surface area (Å²) in [4.78, 5) is 4.11. The van der Waals surface area contributed by atoms with Gasteiger partial charge in [-0.15, -0.1) is 0 Å². The lowest BCUT2D eigenvalue weighted by Crippen LogP contribution is -1.80. The van der Waals surface area contributed by atoms with Crippen molar-refractivity contribution in [3.05, 3.63) is 0 Å². The molecule has 2 nitrogen and oxygen atoms in total. The minimum atomic E-state index is 0.159. The van der Waals surface area contributed by atoms with Gasteiger partial charge in [0.2, 0.25) is 0 Å². The lowest BCUT2D eigenvalue weighted by atomic mass is 10.8. The minimum absolute atomic E-state index is 0.159. The number of rotatable bonds is 1. The maximum absolute atomic E-state index is 8.40. The van der Waals surface area contributed by atoms with Gasteiger partial charge in [0, 0.05) is 5.75 Å². The molecule has 1 aliphatic heterocycles. The van der Waals surface area contributed by atoms with E-state index < -0.39 is 0 Å². The van der Waals surface area contributed by atoms with Gasteiger partial charge < -0.3 is 5.11 Å². The first-order valence-electron chi connectivity index (χ1n) is 2.34. The second-order valence-electron chi connectivity index (χ2n) is 1.27. The largest absolute Gasteiger partial charge is 0.385 e. The van der Waals surface area contributed by atoms with Gasteiger partial charge in [-0.1, -0.05) is 23.5 Å². The zero-order valence-electron chi connectivity index (χ0n) is 4.33. The Kier molecular flexibility index (Phi) is 2.72. The monoisotopic (exact) mass is 149 g/mol. The summed E-state index contributed by atoms with van der Waals surface area (Å²) in [5.74, 6) is 1.24. The molecule has 4 heteroatoms. The zero-order chi connectivity index (χ0) is 5.82. The van der Waals surface area contributed by atoms with Gasteiger partial charge in [0.15, 0.2) is 0 Å². The number of aliphatic imine (C=N–C) groups is 1.